The van der Waals surface area contributed by atoms with E-state index in [2.05, 4.69) is 24.8 Å². The minimum absolute atomic E-state index is 0.121. The maximum absolute atomic E-state index is 11.0. The van der Waals surface area contributed by atoms with Crippen molar-refractivity contribution in [2.45, 2.75) is 78.1 Å². The zero-order chi connectivity index (χ0) is 21.6. The van der Waals surface area contributed by atoms with Gasteiger partial charge < -0.3 is 9.47 Å². The molecule has 6 heteroatoms. The summed E-state index contributed by atoms with van der Waals surface area (Å²) in [5.41, 5.74) is -0.259. The van der Waals surface area contributed by atoms with Gasteiger partial charge in [0.25, 0.3) is 0 Å². The highest BCUT2D eigenvalue weighted by Gasteiger charge is 2.06. The van der Waals surface area contributed by atoms with Gasteiger partial charge in [-0.05, 0) is 12.8 Å². The summed E-state index contributed by atoms with van der Waals surface area (Å²) in [6.07, 6.45) is 11.4. The second-order valence-electron chi connectivity index (χ2n) is 6.28. The molecule has 0 aliphatic heterocycles. The van der Waals surface area contributed by atoms with E-state index in [-0.39, 0.29) is 11.1 Å². The summed E-state index contributed by atoms with van der Waals surface area (Å²) >= 11 is 0. The molecule has 0 fully saturated rings. The Balaban J connectivity index is 0. The summed E-state index contributed by atoms with van der Waals surface area (Å²) < 4.78 is 9.55. The van der Waals surface area contributed by atoms with Gasteiger partial charge in [-0.1, -0.05) is 78.4 Å². The zero-order valence-electron chi connectivity index (χ0n) is 17.4. The summed E-state index contributed by atoms with van der Waals surface area (Å²) in [6.45, 7) is 11.5. The average molecular weight is 391 g/mol. The van der Waals surface area contributed by atoms with Crippen molar-refractivity contribution in [2.24, 2.45) is 0 Å². The third-order valence-corrected chi connectivity index (χ3v) is 3.72. The first-order valence-electron chi connectivity index (χ1n) is 9.96. The van der Waals surface area contributed by atoms with Crippen LogP contribution in [-0.2, 0) is 19.1 Å². The number of rotatable bonds is 14. The standard InChI is InChI=1S/C14H23NO2.C8H11NO2/c1-3-4-5-6-7-8-9-10-11-17-14(16)13(2)12-15;1-3-4-5-11-8(10)7(2)6-9/h2-11H2,1H3;2-5H2,1H3. The molecule has 0 radical (unpaired) electrons. The summed E-state index contributed by atoms with van der Waals surface area (Å²) in [6, 6.07) is 3.30. The minimum atomic E-state index is -0.610. The van der Waals surface area contributed by atoms with Gasteiger partial charge in [0.15, 0.2) is 0 Å². The summed E-state index contributed by atoms with van der Waals surface area (Å²) in [5.74, 6) is -1.20. The Hall–Kier alpha value is -2.60. The lowest BCUT2D eigenvalue weighted by Gasteiger charge is -2.03. The van der Waals surface area contributed by atoms with Gasteiger partial charge in [-0.2, -0.15) is 10.5 Å². The molecular weight excluding hydrogens is 356 g/mol. The smallest absolute Gasteiger partial charge is 0.348 e. The molecule has 0 aromatic rings. The number of carbonyl (C=O) groups excluding carboxylic acids is 2. The van der Waals surface area contributed by atoms with Gasteiger partial charge >= 0.3 is 11.9 Å². The zero-order valence-corrected chi connectivity index (χ0v) is 17.4. The topological polar surface area (TPSA) is 100 Å². The number of carbonyl (C=O) groups is 2. The van der Waals surface area contributed by atoms with Gasteiger partial charge in [-0.15, -0.1) is 0 Å². The van der Waals surface area contributed by atoms with Crippen LogP contribution in [0, 0.1) is 22.7 Å². The molecule has 0 amide bonds. The summed E-state index contributed by atoms with van der Waals surface area (Å²) in [7, 11) is 0. The highest BCUT2D eigenvalue weighted by Crippen LogP contribution is 2.08. The highest BCUT2D eigenvalue weighted by atomic mass is 16.5. The van der Waals surface area contributed by atoms with Crippen LogP contribution in [0.2, 0.25) is 0 Å². The fourth-order valence-electron chi connectivity index (χ4n) is 1.98. The quantitative estimate of drug-likeness (QED) is 0.176. The molecule has 0 aliphatic carbocycles. The van der Waals surface area contributed by atoms with Crippen molar-refractivity contribution >= 4 is 11.9 Å². The van der Waals surface area contributed by atoms with E-state index < -0.39 is 11.9 Å². The van der Waals surface area contributed by atoms with Gasteiger partial charge in [-0.25, -0.2) is 9.59 Å². The van der Waals surface area contributed by atoms with Gasteiger partial charge in [0.05, 0.1) is 13.2 Å². The number of hydrogen-bond donors (Lipinski definition) is 0. The highest BCUT2D eigenvalue weighted by molar-refractivity contribution is 5.92. The van der Waals surface area contributed by atoms with Crippen molar-refractivity contribution < 1.29 is 19.1 Å². The molecular formula is C22H34N2O4. The Kier molecular flexibility index (Phi) is 20.4. The van der Waals surface area contributed by atoms with Crippen molar-refractivity contribution in [1.29, 1.82) is 10.5 Å². The molecule has 0 saturated heterocycles. The minimum Gasteiger partial charge on any atom is -0.462 e. The molecule has 0 spiro atoms. The van der Waals surface area contributed by atoms with Crippen LogP contribution in [0.5, 0.6) is 0 Å². The van der Waals surface area contributed by atoms with E-state index in [1.54, 1.807) is 12.1 Å². The molecule has 0 N–H and O–H groups in total. The Morgan fingerprint density at radius 3 is 1.43 bits per heavy atom. The van der Waals surface area contributed by atoms with Crippen LogP contribution in [0.15, 0.2) is 24.3 Å². The molecule has 6 nitrogen and oxygen atoms in total. The van der Waals surface area contributed by atoms with E-state index >= 15 is 0 Å². The van der Waals surface area contributed by atoms with Crippen molar-refractivity contribution in [3.05, 3.63) is 24.3 Å². The van der Waals surface area contributed by atoms with E-state index in [1.807, 2.05) is 6.92 Å². The van der Waals surface area contributed by atoms with Crippen LogP contribution < -0.4 is 0 Å². The first kappa shape index (κ1) is 27.6. The van der Waals surface area contributed by atoms with E-state index in [0.717, 1.165) is 25.7 Å². The average Bonchev–Trinajstić information content (AvgIpc) is 2.71. The first-order chi connectivity index (χ1) is 13.4. The molecule has 0 aromatic heterocycles. The number of esters is 2. The van der Waals surface area contributed by atoms with E-state index in [0.29, 0.717) is 13.2 Å². The predicted molar refractivity (Wildman–Crippen MR) is 109 cm³/mol. The Morgan fingerprint density at radius 2 is 1.04 bits per heavy atom. The third kappa shape index (κ3) is 18.2. The maximum atomic E-state index is 11.0. The number of ether oxygens (including phenoxy) is 2. The summed E-state index contributed by atoms with van der Waals surface area (Å²) in [5, 5.41) is 16.6. The maximum Gasteiger partial charge on any atom is 0.348 e. The fraction of sp³-hybridized carbons (Fsp3) is 0.636. The van der Waals surface area contributed by atoms with E-state index in [9.17, 15) is 9.59 Å². The van der Waals surface area contributed by atoms with Crippen LogP contribution in [-0.4, -0.2) is 25.2 Å². The van der Waals surface area contributed by atoms with Crippen LogP contribution >= 0.6 is 0 Å². The largest absolute Gasteiger partial charge is 0.462 e. The SMILES string of the molecule is C=C(C#N)C(=O)OCCCC.C=C(C#N)C(=O)OCCCCCCCCCC. The third-order valence-electron chi connectivity index (χ3n) is 3.72. The molecule has 0 rings (SSSR count). The lowest BCUT2D eigenvalue weighted by Crippen LogP contribution is -2.06. The molecule has 0 aliphatic rings. The Bertz CT molecular complexity index is 556. The van der Waals surface area contributed by atoms with E-state index in [4.69, 9.17) is 15.3 Å². The van der Waals surface area contributed by atoms with Gasteiger partial charge in [0, 0.05) is 0 Å². The van der Waals surface area contributed by atoms with Crippen LogP contribution in [0.3, 0.4) is 0 Å². The number of nitrogens with zero attached hydrogens (tertiary/aromatic N) is 2. The monoisotopic (exact) mass is 390 g/mol. The van der Waals surface area contributed by atoms with Gasteiger partial charge in [-0.3, -0.25) is 0 Å². The number of unbranched alkanes of at least 4 members (excludes halogenated alkanes) is 8. The van der Waals surface area contributed by atoms with Crippen molar-refractivity contribution in [3.63, 3.8) is 0 Å². The van der Waals surface area contributed by atoms with E-state index in [1.165, 1.54) is 38.5 Å². The fourth-order valence-corrected chi connectivity index (χ4v) is 1.98. The first-order valence-corrected chi connectivity index (χ1v) is 9.96. The van der Waals surface area contributed by atoms with Crippen LogP contribution in [0.4, 0.5) is 0 Å². The molecule has 156 valence electrons. The van der Waals surface area contributed by atoms with Crippen molar-refractivity contribution in [1.82, 2.24) is 0 Å². The molecule has 0 saturated carbocycles. The van der Waals surface area contributed by atoms with Gasteiger partial charge in [0.2, 0.25) is 0 Å². The number of nitriles is 2. The second kappa shape index (κ2) is 20.7. The van der Waals surface area contributed by atoms with Crippen LogP contribution in [0.1, 0.15) is 78.1 Å². The molecule has 0 atom stereocenters. The van der Waals surface area contributed by atoms with Crippen molar-refractivity contribution in [2.75, 3.05) is 13.2 Å². The molecule has 0 aromatic carbocycles. The van der Waals surface area contributed by atoms with Crippen molar-refractivity contribution in [3.8, 4) is 12.1 Å². The lowest BCUT2D eigenvalue weighted by atomic mass is 10.1. The Morgan fingerprint density at radius 1 is 0.679 bits per heavy atom. The molecule has 0 bridgehead atoms. The molecule has 0 unspecified atom stereocenters. The number of hydrogen-bond acceptors (Lipinski definition) is 6. The lowest BCUT2D eigenvalue weighted by molar-refractivity contribution is -0.139. The Labute approximate surface area is 169 Å². The van der Waals surface area contributed by atoms with Gasteiger partial charge in [0.1, 0.15) is 23.3 Å². The predicted octanol–water partition coefficient (Wildman–Crippen LogP) is 5.16. The summed E-state index contributed by atoms with van der Waals surface area (Å²) in [4.78, 5) is 21.7. The normalized spacial score (nSPS) is 9.14. The molecule has 0 heterocycles. The molecule has 28 heavy (non-hydrogen) atoms. The van der Waals surface area contributed by atoms with Crippen LogP contribution in [0.25, 0.3) is 0 Å². The second-order valence-corrected chi connectivity index (χ2v) is 6.28.